The Hall–Kier alpha value is -4.45. The highest BCUT2D eigenvalue weighted by Crippen LogP contribution is 2.37. The van der Waals surface area contributed by atoms with Gasteiger partial charge in [-0.15, -0.1) is 0 Å². The lowest BCUT2D eigenvalue weighted by atomic mass is 10.1. The van der Waals surface area contributed by atoms with Crippen LogP contribution in [0.25, 0.3) is 0 Å². The van der Waals surface area contributed by atoms with Gasteiger partial charge in [-0.25, -0.2) is 8.42 Å². The number of benzene rings is 3. The summed E-state index contributed by atoms with van der Waals surface area (Å²) in [6.45, 7) is 6.84. The summed E-state index contributed by atoms with van der Waals surface area (Å²) in [6, 6.07) is 15.4. The van der Waals surface area contributed by atoms with Crippen LogP contribution in [0.3, 0.4) is 0 Å². The van der Waals surface area contributed by atoms with Crippen LogP contribution in [0.2, 0.25) is 0 Å². The molecule has 0 bridgehead atoms. The Labute approximate surface area is 266 Å². The fourth-order valence-electron chi connectivity index (χ4n) is 4.55. The van der Waals surface area contributed by atoms with E-state index in [2.05, 4.69) is 5.32 Å². The van der Waals surface area contributed by atoms with Gasteiger partial charge in [-0.1, -0.05) is 36.8 Å². The van der Waals surface area contributed by atoms with Gasteiger partial charge in [-0.3, -0.25) is 13.9 Å². The van der Waals surface area contributed by atoms with Crippen LogP contribution < -0.4 is 28.6 Å². The van der Waals surface area contributed by atoms with Gasteiger partial charge in [-0.2, -0.15) is 0 Å². The van der Waals surface area contributed by atoms with Crippen LogP contribution >= 0.6 is 0 Å². The maximum Gasteiger partial charge on any atom is 0.265 e. The third-order valence-corrected chi connectivity index (χ3v) is 9.27. The number of amides is 2. The van der Waals surface area contributed by atoms with Gasteiger partial charge >= 0.3 is 0 Å². The van der Waals surface area contributed by atoms with Gasteiger partial charge in [0.2, 0.25) is 11.8 Å². The summed E-state index contributed by atoms with van der Waals surface area (Å²) in [6.07, 6.45) is 0.706. The first-order chi connectivity index (χ1) is 21.4. The minimum Gasteiger partial charge on any atom is -0.497 e. The molecular weight excluding hydrogens is 598 g/mol. The van der Waals surface area contributed by atoms with Gasteiger partial charge in [0.1, 0.15) is 24.1 Å². The molecule has 0 aromatic heterocycles. The van der Waals surface area contributed by atoms with E-state index in [1.165, 1.54) is 57.6 Å². The van der Waals surface area contributed by atoms with E-state index < -0.39 is 28.5 Å². The molecule has 0 aliphatic heterocycles. The lowest BCUT2D eigenvalue weighted by molar-refractivity contribution is -0.139. The summed E-state index contributed by atoms with van der Waals surface area (Å²) in [5.41, 5.74) is 1.90. The fourth-order valence-corrected chi connectivity index (χ4v) is 5.98. The van der Waals surface area contributed by atoms with Gasteiger partial charge in [0, 0.05) is 24.7 Å². The number of carbonyl (C=O) groups excluding carboxylic acids is 2. The van der Waals surface area contributed by atoms with Crippen molar-refractivity contribution in [2.75, 3.05) is 39.3 Å². The highest BCUT2D eigenvalue weighted by Gasteiger charge is 2.35. The van der Waals surface area contributed by atoms with E-state index in [0.29, 0.717) is 17.9 Å². The third-order valence-electron chi connectivity index (χ3n) is 7.52. The van der Waals surface area contributed by atoms with Crippen LogP contribution in [0, 0.1) is 6.92 Å². The van der Waals surface area contributed by atoms with Crippen LogP contribution in [0.5, 0.6) is 23.0 Å². The average molecular weight is 642 g/mol. The quantitative estimate of drug-likeness (QED) is 0.256. The Balaban J connectivity index is 2.16. The number of hydrogen-bond donors (Lipinski definition) is 1. The van der Waals surface area contributed by atoms with Crippen LogP contribution in [-0.2, 0) is 26.2 Å². The molecule has 0 unspecified atom stereocenters. The molecule has 0 saturated carbocycles. The van der Waals surface area contributed by atoms with Crippen molar-refractivity contribution in [2.45, 2.75) is 57.6 Å². The molecule has 45 heavy (non-hydrogen) atoms. The molecular formula is C33H43N3O8S. The van der Waals surface area contributed by atoms with Crippen molar-refractivity contribution < 1.29 is 37.0 Å². The monoisotopic (exact) mass is 641 g/mol. The number of carbonyl (C=O) groups is 2. The molecule has 0 heterocycles. The molecule has 0 spiro atoms. The summed E-state index contributed by atoms with van der Waals surface area (Å²) in [5.74, 6) is 0.125. The number of ether oxygens (including phenoxy) is 4. The Kier molecular flexibility index (Phi) is 12.1. The van der Waals surface area contributed by atoms with Gasteiger partial charge in [0.15, 0.2) is 11.5 Å². The summed E-state index contributed by atoms with van der Waals surface area (Å²) in [5, 5.41) is 2.93. The van der Waals surface area contributed by atoms with E-state index in [1.807, 2.05) is 45.0 Å². The molecule has 3 aromatic rings. The van der Waals surface area contributed by atoms with Crippen LogP contribution in [0.4, 0.5) is 5.69 Å². The van der Waals surface area contributed by atoms with Gasteiger partial charge < -0.3 is 29.2 Å². The van der Waals surface area contributed by atoms with Crippen molar-refractivity contribution in [3.63, 3.8) is 0 Å². The van der Waals surface area contributed by atoms with Crippen LogP contribution in [0.1, 0.15) is 38.3 Å². The molecule has 1 N–H and O–H groups in total. The Bertz CT molecular complexity index is 1580. The van der Waals surface area contributed by atoms with Crippen molar-refractivity contribution in [3.8, 4) is 23.0 Å². The number of hydrogen-bond acceptors (Lipinski definition) is 8. The molecule has 0 aliphatic carbocycles. The number of anilines is 1. The van der Waals surface area contributed by atoms with E-state index in [1.54, 1.807) is 19.1 Å². The molecule has 11 nitrogen and oxygen atoms in total. The van der Waals surface area contributed by atoms with Crippen LogP contribution in [-0.4, -0.2) is 72.2 Å². The number of nitrogens with zero attached hydrogens (tertiary/aromatic N) is 2. The molecule has 3 rings (SSSR count). The number of sulfonamides is 1. The summed E-state index contributed by atoms with van der Waals surface area (Å²) >= 11 is 0. The largest absolute Gasteiger partial charge is 0.497 e. The van der Waals surface area contributed by atoms with Crippen molar-refractivity contribution >= 4 is 27.5 Å². The molecule has 2 amide bonds. The Morgan fingerprint density at radius 1 is 0.822 bits per heavy atom. The van der Waals surface area contributed by atoms with Gasteiger partial charge in [0.05, 0.1) is 39.0 Å². The molecule has 244 valence electrons. The summed E-state index contributed by atoms with van der Waals surface area (Å²) in [7, 11) is 1.26. The minimum atomic E-state index is -4.43. The second kappa shape index (κ2) is 15.5. The predicted octanol–water partition coefficient (Wildman–Crippen LogP) is 4.56. The van der Waals surface area contributed by atoms with E-state index in [-0.39, 0.29) is 40.6 Å². The molecule has 3 aromatic carbocycles. The van der Waals surface area contributed by atoms with Crippen molar-refractivity contribution in [1.82, 2.24) is 10.2 Å². The number of methoxy groups -OCH3 is 4. The summed E-state index contributed by atoms with van der Waals surface area (Å²) in [4.78, 5) is 28.8. The first-order valence-corrected chi connectivity index (χ1v) is 16.0. The first-order valence-electron chi connectivity index (χ1n) is 14.5. The van der Waals surface area contributed by atoms with Crippen LogP contribution in [0.15, 0.2) is 65.6 Å². The lowest BCUT2D eigenvalue weighted by Crippen LogP contribution is -2.52. The zero-order chi connectivity index (χ0) is 33.3. The smallest absolute Gasteiger partial charge is 0.265 e. The van der Waals surface area contributed by atoms with Crippen molar-refractivity contribution in [2.24, 2.45) is 0 Å². The maximum absolute atomic E-state index is 14.4. The number of nitrogens with one attached hydrogen (secondary N) is 1. The van der Waals surface area contributed by atoms with E-state index in [0.717, 1.165) is 15.4 Å². The highest BCUT2D eigenvalue weighted by molar-refractivity contribution is 7.92. The number of aryl methyl sites for hydroxylation is 1. The molecule has 0 fully saturated rings. The zero-order valence-electron chi connectivity index (χ0n) is 27.1. The minimum absolute atomic E-state index is 0.0759. The average Bonchev–Trinajstić information content (AvgIpc) is 3.05. The lowest BCUT2D eigenvalue weighted by Gasteiger charge is -2.33. The molecule has 0 saturated heterocycles. The SMILES string of the molecule is CC[C@H](C)NC(=O)[C@@H](C)N(Cc1ccc(C)cc1)C(=O)CN(c1cc(OC)ccc1OC)S(=O)(=O)c1ccc(OC)c(OC)c1. The highest BCUT2D eigenvalue weighted by atomic mass is 32.2. The van der Waals surface area contributed by atoms with E-state index in [9.17, 15) is 18.0 Å². The molecule has 0 aliphatic rings. The van der Waals surface area contributed by atoms with E-state index in [4.69, 9.17) is 18.9 Å². The number of rotatable bonds is 15. The van der Waals surface area contributed by atoms with Gasteiger partial charge in [-0.05, 0) is 57.0 Å². The first kappa shape index (κ1) is 35.0. The van der Waals surface area contributed by atoms with Crippen molar-refractivity contribution in [3.05, 3.63) is 71.8 Å². The summed E-state index contributed by atoms with van der Waals surface area (Å²) < 4.78 is 51.3. The normalized spacial score (nSPS) is 12.4. The second-order valence-corrected chi connectivity index (χ2v) is 12.4. The van der Waals surface area contributed by atoms with E-state index >= 15 is 0 Å². The Morgan fingerprint density at radius 3 is 2.02 bits per heavy atom. The molecule has 2 atom stereocenters. The fraction of sp³-hybridized carbons (Fsp3) is 0.394. The van der Waals surface area contributed by atoms with Crippen molar-refractivity contribution in [1.29, 1.82) is 0 Å². The molecule has 0 radical (unpaired) electrons. The van der Waals surface area contributed by atoms with Gasteiger partial charge in [0.25, 0.3) is 10.0 Å². The maximum atomic E-state index is 14.4. The third kappa shape index (κ3) is 8.39. The molecule has 12 heteroatoms. The standard InChI is InChI=1S/C33H43N3O8S/c1-9-23(3)34-33(38)24(4)35(20-25-12-10-22(2)11-13-25)32(37)21-36(28-18-26(41-5)14-16-29(28)42-6)45(39,40)27-15-17-30(43-7)31(19-27)44-8/h10-19,23-24H,9,20-21H2,1-8H3,(H,34,38)/t23-,24+/m0/s1. The predicted molar refractivity (Wildman–Crippen MR) is 173 cm³/mol. The Morgan fingerprint density at radius 2 is 1.44 bits per heavy atom. The second-order valence-electron chi connectivity index (χ2n) is 10.6. The topological polar surface area (TPSA) is 124 Å². The zero-order valence-corrected chi connectivity index (χ0v) is 27.9.